The van der Waals surface area contributed by atoms with E-state index in [4.69, 9.17) is 4.74 Å². The van der Waals surface area contributed by atoms with E-state index in [-0.39, 0.29) is 0 Å². The Morgan fingerprint density at radius 2 is 2.17 bits per heavy atom. The zero-order valence-electron chi connectivity index (χ0n) is 13.7. The van der Waals surface area contributed by atoms with Crippen molar-refractivity contribution in [3.05, 3.63) is 53.9 Å². The van der Waals surface area contributed by atoms with Gasteiger partial charge in [0.25, 0.3) is 0 Å². The molecule has 0 bridgehead atoms. The number of methoxy groups -OCH3 is 1. The van der Waals surface area contributed by atoms with Crippen LogP contribution in [0.15, 0.2) is 42.7 Å². The van der Waals surface area contributed by atoms with Gasteiger partial charge in [0.05, 0.1) is 13.2 Å². The van der Waals surface area contributed by atoms with Gasteiger partial charge in [-0.15, -0.1) is 0 Å². The zero-order valence-corrected chi connectivity index (χ0v) is 13.7. The van der Waals surface area contributed by atoms with E-state index in [0.717, 1.165) is 18.3 Å². The predicted molar refractivity (Wildman–Crippen MR) is 91.5 cm³/mol. The minimum Gasteiger partial charge on any atom is -0.497 e. The van der Waals surface area contributed by atoms with Crippen molar-refractivity contribution < 1.29 is 4.74 Å². The lowest BCUT2D eigenvalue weighted by atomic mass is 9.99. The number of hydrogen-bond acceptors (Lipinski definition) is 3. The molecule has 0 amide bonds. The minimum absolute atomic E-state index is 0.455. The Hall–Kier alpha value is -1.78. The third-order valence-corrected chi connectivity index (χ3v) is 5.12. The first kappa shape index (κ1) is 14.8. The third-order valence-electron chi connectivity index (χ3n) is 5.12. The summed E-state index contributed by atoms with van der Waals surface area (Å²) in [5.41, 5.74) is 2.69. The minimum atomic E-state index is 0.455. The second kappa shape index (κ2) is 6.38. The molecule has 1 aromatic carbocycles. The van der Waals surface area contributed by atoms with Crippen LogP contribution in [0.5, 0.6) is 5.75 Å². The molecule has 4 heteroatoms. The van der Waals surface area contributed by atoms with E-state index < -0.39 is 0 Å². The summed E-state index contributed by atoms with van der Waals surface area (Å²) >= 11 is 0. The normalized spacial score (nSPS) is 24.9. The maximum Gasteiger partial charge on any atom is 0.119 e. The number of aromatic amines is 1. The van der Waals surface area contributed by atoms with Crippen molar-refractivity contribution in [2.24, 2.45) is 0 Å². The van der Waals surface area contributed by atoms with Crippen LogP contribution in [-0.4, -0.2) is 35.6 Å². The van der Waals surface area contributed by atoms with Crippen molar-refractivity contribution in [2.45, 2.75) is 43.9 Å². The van der Waals surface area contributed by atoms with E-state index in [9.17, 15) is 0 Å². The van der Waals surface area contributed by atoms with Gasteiger partial charge < -0.3 is 15.0 Å². The number of H-pyrrole nitrogens is 1. The molecule has 0 spiro atoms. The number of aromatic nitrogens is 1. The van der Waals surface area contributed by atoms with Gasteiger partial charge in [0.15, 0.2) is 0 Å². The van der Waals surface area contributed by atoms with E-state index in [0.29, 0.717) is 12.1 Å². The van der Waals surface area contributed by atoms with E-state index in [1.807, 2.05) is 12.3 Å². The van der Waals surface area contributed by atoms with Crippen molar-refractivity contribution in [3.8, 4) is 5.75 Å². The van der Waals surface area contributed by atoms with Gasteiger partial charge in [0.1, 0.15) is 5.75 Å². The SMILES string of the molecule is COc1cccc(C2C(NCc3cc[nH]c3)CCN2C2CC2)c1. The van der Waals surface area contributed by atoms with Gasteiger partial charge in [-0.1, -0.05) is 12.1 Å². The van der Waals surface area contributed by atoms with Gasteiger partial charge in [-0.3, -0.25) is 4.90 Å². The zero-order chi connectivity index (χ0) is 15.6. The second-order valence-electron chi connectivity index (χ2n) is 6.69. The molecule has 4 nitrogen and oxygen atoms in total. The summed E-state index contributed by atoms with van der Waals surface area (Å²) in [7, 11) is 1.74. The molecule has 0 radical (unpaired) electrons. The Bertz CT molecular complexity index is 636. The standard InChI is InChI=1S/C19H25N3O/c1-23-17-4-2-3-15(11-17)19-18(8-10-22(19)16-5-6-16)21-13-14-7-9-20-12-14/h2-4,7,9,11-12,16,18-21H,5-6,8,10,13H2,1H3. The molecular weight excluding hydrogens is 286 g/mol. The number of hydrogen-bond donors (Lipinski definition) is 2. The van der Waals surface area contributed by atoms with Gasteiger partial charge in [-0.05, 0) is 48.6 Å². The van der Waals surface area contributed by atoms with Crippen LogP contribution < -0.4 is 10.1 Å². The highest BCUT2D eigenvalue weighted by Gasteiger charge is 2.42. The quantitative estimate of drug-likeness (QED) is 0.861. The summed E-state index contributed by atoms with van der Waals surface area (Å²) < 4.78 is 5.44. The number of benzene rings is 1. The molecule has 2 heterocycles. The first-order valence-electron chi connectivity index (χ1n) is 8.60. The molecule has 2 atom stereocenters. The fourth-order valence-electron chi connectivity index (χ4n) is 3.81. The van der Waals surface area contributed by atoms with Crippen LogP contribution in [0, 0.1) is 0 Å². The maximum atomic E-state index is 5.44. The van der Waals surface area contributed by atoms with Gasteiger partial charge >= 0.3 is 0 Å². The van der Waals surface area contributed by atoms with Crippen LogP contribution in [0.2, 0.25) is 0 Å². The molecular formula is C19H25N3O. The van der Waals surface area contributed by atoms with Crippen molar-refractivity contribution in [1.29, 1.82) is 0 Å². The smallest absolute Gasteiger partial charge is 0.119 e. The monoisotopic (exact) mass is 311 g/mol. The Balaban J connectivity index is 1.54. The summed E-state index contributed by atoms with van der Waals surface area (Å²) in [6.45, 7) is 2.12. The van der Waals surface area contributed by atoms with Crippen molar-refractivity contribution in [1.82, 2.24) is 15.2 Å². The highest BCUT2D eigenvalue weighted by atomic mass is 16.5. The number of likely N-dealkylation sites (tertiary alicyclic amines) is 1. The van der Waals surface area contributed by atoms with E-state index >= 15 is 0 Å². The summed E-state index contributed by atoms with van der Waals surface area (Å²) in [5.74, 6) is 0.953. The fourth-order valence-corrected chi connectivity index (χ4v) is 3.81. The number of ether oxygens (including phenoxy) is 1. The van der Waals surface area contributed by atoms with Crippen LogP contribution in [-0.2, 0) is 6.54 Å². The molecule has 1 aliphatic carbocycles. The molecule has 1 aromatic heterocycles. The van der Waals surface area contributed by atoms with E-state index in [1.165, 1.54) is 36.9 Å². The molecule has 1 aliphatic heterocycles. The molecule has 2 unspecified atom stereocenters. The highest BCUT2D eigenvalue weighted by Crippen LogP contribution is 2.41. The third kappa shape index (κ3) is 3.14. The summed E-state index contributed by atoms with van der Waals surface area (Å²) in [6.07, 6.45) is 7.97. The van der Waals surface area contributed by atoms with Gasteiger partial charge in [0.2, 0.25) is 0 Å². The first-order chi connectivity index (χ1) is 11.3. The topological polar surface area (TPSA) is 40.3 Å². The van der Waals surface area contributed by atoms with Crippen LogP contribution in [0.25, 0.3) is 0 Å². The van der Waals surface area contributed by atoms with Gasteiger partial charge in [-0.25, -0.2) is 0 Å². The molecule has 23 heavy (non-hydrogen) atoms. The fraction of sp³-hybridized carbons (Fsp3) is 0.474. The molecule has 4 rings (SSSR count). The average molecular weight is 311 g/mol. The number of rotatable bonds is 6. The van der Waals surface area contributed by atoms with Crippen molar-refractivity contribution in [2.75, 3.05) is 13.7 Å². The van der Waals surface area contributed by atoms with Crippen LogP contribution >= 0.6 is 0 Å². The Morgan fingerprint density at radius 3 is 2.91 bits per heavy atom. The van der Waals surface area contributed by atoms with Crippen molar-refractivity contribution in [3.63, 3.8) is 0 Å². The van der Waals surface area contributed by atoms with Crippen LogP contribution in [0.3, 0.4) is 0 Å². The highest BCUT2D eigenvalue weighted by molar-refractivity contribution is 5.32. The summed E-state index contributed by atoms with van der Waals surface area (Å²) in [4.78, 5) is 5.83. The summed E-state index contributed by atoms with van der Waals surface area (Å²) in [6, 6.07) is 12.5. The molecule has 1 saturated carbocycles. The molecule has 2 aliphatic rings. The molecule has 2 aromatic rings. The Kier molecular flexibility index (Phi) is 4.10. The predicted octanol–water partition coefficient (Wildman–Crippen LogP) is 3.09. The lowest BCUT2D eigenvalue weighted by molar-refractivity contribution is 0.226. The Labute approximate surface area is 137 Å². The number of nitrogens with one attached hydrogen (secondary N) is 2. The molecule has 2 N–H and O–H groups in total. The molecule has 2 fully saturated rings. The van der Waals surface area contributed by atoms with E-state index in [2.05, 4.69) is 45.7 Å². The van der Waals surface area contributed by atoms with Gasteiger partial charge in [0, 0.05) is 37.6 Å². The lowest BCUT2D eigenvalue weighted by Crippen LogP contribution is -2.36. The van der Waals surface area contributed by atoms with Gasteiger partial charge in [-0.2, -0.15) is 0 Å². The first-order valence-corrected chi connectivity index (χ1v) is 8.60. The largest absolute Gasteiger partial charge is 0.497 e. The Morgan fingerprint density at radius 1 is 1.26 bits per heavy atom. The average Bonchev–Trinajstić information content (AvgIpc) is 3.13. The van der Waals surface area contributed by atoms with Crippen LogP contribution in [0.4, 0.5) is 0 Å². The maximum absolute atomic E-state index is 5.44. The molecule has 1 saturated heterocycles. The van der Waals surface area contributed by atoms with Crippen molar-refractivity contribution >= 4 is 0 Å². The second-order valence-corrected chi connectivity index (χ2v) is 6.69. The van der Waals surface area contributed by atoms with E-state index in [1.54, 1.807) is 7.11 Å². The lowest BCUT2D eigenvalue weighted by Gasteiger charge is -2.29. The van der Waals surface area contributed by atoms with Crippen LogP contribution in [0.1, 0.15) is 36.4 Å². The number of nitrogens with zero attached hydrogens (tertiary/aromatic N) is 1. The molecule has 122 valence electrons. The summed E-state index contributed by atoms with van der Waals surface area (Å²) in [5, 5.41) is 3.78.